The van der Waals surface area contributed by atoms with Crippen LogP contribution >= 0.6 is 28.1 Å². The van der Waals surface area contributed by atoms with Crippen LogP contribution in [0.1, 0.15) is 22.3 Å². The van der Waals surface area contributed by atoms with Crippen LogP contribution in [0.2, 0.25) is 0 Å². The molecule has 1 fully saturated rings. The van der Waals surface area contributed by atoms with Gasteiger partial charge in [0.15, 0.2) is 5.11 Å². The third kappa shape index (κ3) is 6.75. The SMILES string of the molecule is COC(=O)CC1C(=O)NCCN1C(=S)NC(=O)c1cc(Br)ccc1OCCc1ccccc1. The van der Waals surface area contributed by atoms with Gasteiger partial charge in [0.05, 0.1) is 25.7 Å². The number of rotatable bonds is 7. The molecule has 0 spiro atoms. The molecular weight excluding hydrogens is 510 g/mol. The highest BCUT2D eigenvalue weighted by molar-refractivity contribution is 9.10. The number of carbonyl (C=O) groups is 3. The Labute approximate surface area is 205 Å². The van der Waals surface area contributed by atoms with Crippen molar-refractivity contribution < 1.29 is 23.9 Å². The summed E-state index contributed by atoms with van der Waals surface area (Å²) in [5.74, 6) is -0.955. The molecule has 2 aromatic rings. The van der Waals surface area contributed by atoms with Gasteiger partial charge in [-0.3, -0.25) is 19.7 Å². The lowest BCUT2D eigenvalue weighted by atomic mass is 10.1. The number of esters is 1. The van der Waals surface area contributed by atoms with Crippen molar-refractivity contribution in [3.8, 4) is 5.75 Å². The number of benzene rings is 2. The minimum absolute atomic E-state index is 0.0546. The highest BCUT2D eigenvalue weighted by Gasteiger charge is 2.34. The van der Waals surface area contributed by atoms with Gasteiger partial charge in [0, 0.05) is 24.0 Å². The van der Waals surface area contributed by atoms with E-state index in [1.807, 2.05) is 30.3 Å². The van der Waals surface area contributed by atoms with Crippen molar-refractivity contribution in [3.05, 3.63) is 64.1 Å². The molecule has 0 aromatic heterocycles. The van der Waals surface area contributed by atoms with E-state index in [-0.39, 0.29) is 17.4 Å². The first kappa shape index (κ1) is 24.7. The second-order valence-corrected chi connectivity index (χ2v) is 8.57. The van der Waals surface area contributed by atoms with Gasteiger partial charge in [0.25, 0.3) is 5.91 Å². The summed E-state index contributed by atoms with van der Waals surface area (Å²) < 4.78 is 11.3. The molecule has 10 heteroatoms. The minimum atomic E-state index is -0.858. The number of nitrogens with zero attached hydrogens (tertiary/aromatic N) is 1. The van der Waals surface area contributed by atoms with Crippen molar-refractivity contribution in [1.29, 1.82) is 0 Å². The quantitative estimate of drug-likeness (QED) is 0.416. The van der Waals surface area contributed by atoms with Crippen molar-refractivity contribution in [2.24, 2.45) is 0 Å². The number of methoxy groups -OCH3 is 1. The number of halogens is 1. The Hall–Kier alpha value is -2.98. The van der Waals surface area contributed by atoms with Gasteiger partial charge < -0.3 is 19.7 Å². The number of hydrogen-bond donors (Lipinski definition) is 2. The van der Waals surface area contributed by atoms with Crippen molar-refractivity contribution >= 4 is 51.0 Å². The molecule has 2 N–H and O–H groups in total. The zero-order chi connectivity index (χ0) is 23.8. The van der Waals surface area contributed by atoms with Crippen LogP contribution in [0.15, 0.2) is 53.0 Å². The Bertz CT molecular complexity index is 1030. The lowest BCUT2D eigenvalue weighted by Crippen LogP contribution is -2.60. The highest BCUT2D eigenvalue weighted by atomic mass is 79.9. The summed E-state index contributed by atoms with van der Waals surface area (Å²) in [5.41, 5.74) is 1.42. The van der Waals surface area contributed by atoms with Gasteiger partial charge in [0.1, 0.15) is 11.8 Å². The summed E-state index contributed by atoms with van der Waals surface area (Å²) in [6.45, 7) is 1.09. The number of amides is 2. The largest absolute Gasteiger partial charge is 0.492 e. The summed E-state index contributed by atoms with van der Waals surface area (Å²) in [6, 6.07) is 14.2. The van der Waals surface area contributed by atoms with Gasteiger partial charge in [0.2, 0.25) is 5.91 Å². The fourth-order valence-electron chi connectivity index (χ4n) is 3.37. The average molecular weight is 534 g/mol. The number of thiocarbonyl (C=S) groups is 1. The van der Waals surface area contributed by atoms with E-state index in [9.17, 15) is 14.4 Å². The fraction of sp³-hybridized carbons (Fsp3) is 0.304. The van der Waals surface area contributed by atoms with Crippen LogP contribution in [0.4, 0.5) is 0 Å². The van der Waals surface area contributed by atoms with Gasteiger partial charge >= 0.3 is 5.97 Å². The third-order valence-corrected chi connectivity index (χ3v) is 5.91. The molecule has 33 heavy (non-hydrogen) atoms. The predicted octanol–water partition coefficient (Wildman–Crippen LogP) is 2.45. The molecule has 2 amide bonds. The van der Waals surface area contributed by atoms with Gasteiger partial charge in [-0.05, 0) is 36.0 Å². The summed E-state index contributed by atoms with van der Waals surface area (Å²) >= 11 is 8.79. The van der Waals surface area contributed by atoms with E-state index in [4.69, 9.17) is 17.0 Å². The van der Waals surface area contributed by atoms with Gasteiger partial charge in [-0.2, -0.15) is 0 Å². The molecule has 2 aromatic carbocycles. The lowest BCUT2D eigenvalue weighted by Gasteiger charge is -2.36. The minimum Gasteiger partial charge on any atom is -0.492 e. The Morgan fingerprint density at radius 1 is 1.24 bits per heavy atom. The van der Waals surface area contributed by atoms with Crippen molar-refractivity contribution in [2.45, 2.75) is 18.9 Å². The average Bonchev–Trinajstić information content (AvgIpc) is 2.81. The summed E-state index contributed by atoms with van der Waals surface area (Å²) in [7, 11) is 1.25. The normalized spacial score (nSPS) is 15.4. The fourth-order valence-corrected chi connectivity index (χ4v) is 4.04. The molecule has 1 aliphatic heterocycles. The lowest BCUT2D eigenvalue weighted by molar-refractivity contribution is -0.144. The van der Waals surface area contributed by atoms with E-state index in [1.165, 1.54) is 12.0 Å². The standard InChI is InChI=1S/C23H24BrN3O5S/c1-31-20(28)14-18-22(30)25-10-11-27(18)23(33)26-21(29)17-13-16(24)7-8-19(17)32-12-9-15-5-3-2-4-6-15/h2-8,13,18H,9-12,14H2,1H3,(H,25,30)(H,26,29,33). The number of hydrogen-bond acceptors (Lipinski definition) is 6. The van der Waals surface area contributed by atoms with E-state index in [0.29, 0.717) is 41.9 Å². The second kappa shape index (κ2) is 11.8. The molecule has 0 bridgehead atoms. The summed E-state index contributed by atoms with van der Waals surface area (Å²) in [5, 5.41) is 5.42. The Morgan fingerprint density at radius 3 is 2.73 bits per heavy atom. The van der Waals surface area contributed by atoms with Gasteiger partial charge in [-0.25, -0.2) is 0 Å². The molecule has 174 valence electrons. The molecule has 0 aliphatic carbocycles. The molecule has 1 saturated heterocycles. The molecule has 1 aliphatic rings. The monoisotopic (exact) mass is 533 g/mol. The van der Waals surface area contributed by atoms with Crippen LogP contribution in [0, 0.1) is 0 Å². The maximum atomic E-state index is 13.1. The highest BCUT2D eigenvalue weighted by Crippen LogP contribution is 2.24. The topological polar surface area (TPSA) is 97.0 Å². The molecule has 8 nitrogen and oxygen atoms in total. The molecule has 1 heterocycles. The van der Waals surface area contributed by atoms with Crippen molar-refractivity contribution in [2.75, 3.05) is 26.8 Å². The Kier molecular flexibility index (Phi) is 8.79. The maximum absolute atomic E-state index is 13.1. The van der Waals surface area contributed by atoms with E-state index in [0.717, 1.165) is 5.56 Å². The van der Waals surface area contributed by atoms with Crippen LogP contribution in [-0.2, 0) is 20.7 Å². The van der Waals surface area contributed by atoms with Crippen molar-refractivity contribution in [1.82, 2.24) is 15.5 Å². The molecule has 1 unspecified atom stereocenters. The first-order valence-corrected chi connectivity index (χ1v) is 11.5. The number of ether oxygens (including phenoxy) is 2. The second-order valence-electron chi connectivity index (χ2n) is 7.26. The number of nitrogens with one attached hydrogen (secondary N) is 2. The Morgan fingerprint density at radius 2 is 2.00 bits per heavy atom. The first-order chi connectivity index (χ1) is 15.9. The van der Waals surface area contributed by atoms with Crippen LogP contribution in [0.25, 0.3) is 0 Å². The van der Waals surface area contributed by atoms with Gasteiger partial charge in [-0.15, -0.1) is 0 Å². The zero-order valence-corrected chi connectivity index (χ0v) is 20.4. The maximum Gasteiger partial charge on any atom is 0.308 e. The smallest absolute Gasteiger partial charge is 0.308 e. The summed E-state index contributed by atoms with van der Waals surface area (Å²) in [6.07, 6.45) is 0.511. The van der Waals surface area contributed by atoms with Crippen LogP contribution in [0.5, 0.6) is 5.75 Å². The molecule has 3 rings (SSSR count). The van der Waals surface area contributed by atoms with Crippen molar-refractivity contribution in [3.63, 3.8) is 0 Å². The number of carbonyl (C=O) groups excluding carboxylic acids is 3. The number of piperazine rings is 1. The summed E-state index contributed by atoms with van der Waals surface area (Å²) in [4.78, 5) is 38.6. The zero-order valence-electron chi connectivity index (χ0n) is 18.0. The Balaban J connectivity index is 1.69. The van der Waals surface area contributed by atoms with Crippen LogP contribution in [0.3, 0.4) is 0 Å². The predicted molar refractivity (Wildman–Crippen MR) is 130 cm³/mol. The molecular formula is C23H24BrN3O5S. The van der Waals surface area contributed by atoms with E-state index < -0.39 is 17.9 Å². The van der Waals surface area contributed by atoms with E-state index >= 15 is 0 Å². The molecule has 1 atom stereocenters. The molecule has 0 radical (unpaired) electrons. The van der Waals surface area contributed by atoms with Gasteiger partial charge in [-0.1, -0.05) is 46.3 Å². The van der Waals surface area contributed by atoms with E-state index in [1.54, 1.807) is 18.2 Å². The van der Waals surface area contributed by atoms with Crippen LogP contribution < -0.4 is 15.4 Å². The molecule has 0 saturated carbocycles. The third-order valence-electron chi connectivity index (χ3n) is 5.08. The van der Waals surface area contributed by atoms with E-state index in [2.05, 4.69) is 31.3 Å². The first-order valence-electron chi connectivity index (χ1n) is 10.3. The van der Waals surface area contributed by atoms with Crippen LogP contribution in [-0.4, -0.2) is 60.6 Å².